The van der Waals surface area contributed by atoms with Gasteiger partial charge in [0.2, 0.25) is 11.7 Å². The summed E-state index contributed by atoms with van der Waals surface area (Å²) in [7, 11) is 0. The molecule has 7 heteroatoms. The number of fused-ring (bicyclic) bond motifs is 3. The van der Waals surface area contributed by atoms with Crippen LogP contribution >= 0.6 is 0 Å². The van der Waals surface area contributed by atoms with Gasteiger partial charge < -0.3 is 19.9 Å². The van der Waals surface area contributed by atoms with Crippen molar-refractivity contribution < 1.29 is 23.6 Å². The van der Waals surface area contributed by atoms with Crippen LogP contribution in [-0.2, 0) is 14.3 Å². The molecule has 0 spiro atoms. The quantitative estimate of drug-likeness (QED) is 0.188. The smallest absolute Gasteiger partial charge is 0.333 e. The third kappa shape index (κ3) is 6.59. The molecule has 208 valence electrons. The molecule has 3 aromatic carbocycles. The normalized spacial score (nSPS) is 22.2. The predicted octanol–water partition coefficient (Wildman–Crippen LogP) is 5.61. The van der Waals surface area contributed by atoms with E-state index in [1.54, 1.807) is 24.3 Å². The molecule has 2 atom stereocenters. The van der Waals surface area contributed by atoms with Crippen LogP contribution in [0.1, 0.15) is 54.6 Å². The van der Waals surface area contributed by atoms with Gasteiger partial charge in [0.05, 0.1) is 13.1 Å². The second-order valence-corrected chi connectivity index (χ2v) is 11.1. The van der Waals surface area contributed by atoms with Gasteiger partial charge >= 0.3 is 5.97 Å². The van der Waals surface area contributed by atoms with Gasteiger partial charge in [-0.05, 0) is 48.4 Å². The molecule has 2 bridgehead atoms. The zero-order valence-corrected chi connectivity index (χ0v) is 23.1. The number of Topliss-reactive ketones (excluding diaryl/α,β-unsaturated/α-hetero) is 1. The summed E-state index contributed by atoms with van der Waals surface area (Å²) in [4.78, 5) is 38.8. The number of benzene rings is 3. The van der Waals surface area contributed by atoms with Crippen LogP contribution in [0, 0.1) is 5.92 Å². The standard InChI is InChI=1S/C33H37N3O4/c1-2-9-31(38)34-28-16-14-24(15-17-28)29(37)22-36-20-18-25(19-21-36)30(23-36)40-33(39)32(26-10-5-3-6-11-26)35-27-12-7-4-8-13-27/h3-8,10-17,25,30,32,35H,2,9,18-23H2,1H3/p+1. The maximum absolute atomic E-state index is 13.6. The summed E-state index contributed by atoms with van der Waals surface area (Å²) in [6.07, 6.45) is 2.92. The number of carbonyl (C=O) groups excluding carboxylic acids is 3. The molecule has 3 fully saturated rings. The van der Waals surface area contributed by atoms with Crippen LogP contribution in [0.4, 0.5) is 11.4 Å². The monoisotopic (exact) mass is 540 g/mol. The van der Waals surface area contributed by atoms with E-state index in [0.29, 0.717) is 41.2 Å². The van der Waals surface area contributed by atoms with E-state index < -0.39 is 6.04 Å². The lowest BCUT2D eigenvalue weighted by molar-refractivity contribution is -0.938. The Morgan fingerprint density at radius 2 is 1.52 bits per heavy atom. The average molecular weight is 541 g/mol. The maximum atomic E-state index is 13.6. The molecule has 3 aromatic rings. The number of hydrogen-bond acceptors (Lipinski definition) is 5. The molecule has 7 nitrogen and oxygen atoms in total. The van der Waals surface area contributed by atoms with Gasteiger partial charge in [0.25, 0.3) is 0 Å². The molecular weight excluding hydrogens is 502 g/mol. The highest BCUT2D eigenvalue weighted by atomic mass is 16.5. The van der Waals surface area contributed by atoms with Crippen molar-refractivity contribution in [2.45, 2.75) is 44.8 Å². The number of hydrogen-bond donors (Lipinski definition) is 2. The van der Waals surface area contributed by atoms with Crippen molar-refractivity contribution in [1.29, 1.82) is 0 Å². The Bertz CT molecular complexity index is 1300. The number of nitrogens with zero attached hydrogens (tertiary/aromatic N) is 1. The molecule has 3 saturated heterocycles. The van der Waals surface area contributed by atoms with Crippen LogP contribution in [0.15, 0.2) is 84.9 Å². The van der Waals surface area contributed by atoms with E-state index in [9.17, 15) is 14.4 Å². The number of rotatable bonds is 11. The third-order valence-electron chi connectivity index (χ3n) is 8.21. The Kier molecular flexibility index (Phi) is 8.60. The zero-order chi connectivity index (χ0) is 28.0. The summed E-state index contributed by atoms with van der Waals surface area (Å²) in [5.41, 5.74) is 3.04. The highest BCUT2D eigenvalue weighted by Gasteiger charge is 2.49. The first kappa shape index (κ1) is 27.6. The second kappa shape index (κ2) is 12.5. The Morgan fingerprint density at radius 3 is 2.17 bits per heavy atom. The number of ether oxygens (including phenoxy) is 1. The SMILES string of the molecule is CCCC(=O)Nc1ccc(C(=O)C[N+]23CCC(CC2)C(OC(=O)C(Nc2ccccc2)c2ccccc2)C3)cc1. The van der Waals surface area contributed by atoms with Crippen molar-refractivity contribution in [3.8, 4) is 0 Å². The molecule has 0 radical (unpaired) electrons. The lowest BCUT2D eigenvalue weighted by Gasteiger charge is -2.51. The summed E-state index contributed by atoms with van der Waals surface area (Å²) >= 11 is 0. The van der Waals surface area contributed by atoms with Crippen LogP contribution in [0.2, 0.25) is 0 Å². The minimum atomic E-state index is -0.620. The van der Waals surface area contributed by atoms with Gasteiger partial charge in [-0.15, -0.1) is 0 Å². The first-order chi connectivity index (χ1) is 19.4. The Hall–Kier alpha value is -3.97. The van der Waals surface area contributed by atoms with E-state index in [0.717, 1.165) is 43.6 Å². The van der Waals surface area contributed by atoms with Gasteiger partial charge in [0.15, 0.2) is 12.1 Å². The molecule has 3 aliphatic heterocycles. The Balaban J connectivity index is 1.25. The van der Waals surface area contributed by atoms with Gasteiger partial charge in [-0.1, -0.05) is 55.5 Å². The van der Waals surface area contributed by atoms with Crippen molar-refractivity contribution in [1.82, 2.24) is 0 Å². The van der Waals surface area contributed by atoms with E-state index in [1.807, 2.05) is 67.6 Å². The molecule has 3 aliphatic rings. The number of carbonyl (C=O) groups is 3. The molecule has 2 N–H and O–H groups in total. The fourth-order valence-electron chi connectivity index (χ4n) is 6.00. The van der Waals surface area contributed by atoms with Gasteiger partial charge in [0.1, 0.15) is 13.1 Å². The van der Waals surface area contributed by atoms with Crippen LogP contribution in [0.25, 0.3) is 0 Å². The number of para-hydroxylation sites is 1. The van der Waals surface area contributed by atoms with Crippen molar-refractivity contribution in [3.63, 3.8) is 0 Å². The van der Waals surface area contributed by atoms with Crippen molar-refractivity contribution in [2.24, 2.45) is 5.92 Å². The number of anilines is 2. The van der Waals surface area contributed by atoms with Gasteiger partial charge in [-0.3, -0.25) is 9.59 Å². The largest absolute Gasteiger partial charge is 0.454 e. The Labute approximate surface area is 236 Å². The number of nitrogens with one attached hydrogen (secondary N) is 2. The molecular formula is C33H38N3O4+. The van der Waals surface area contributed by atoms with Crippen molar-refractivity contribution in [3.05, 3.63) is 96.1 Å². The van der Waals surface area contributed by atoms with Crippen molar-refractivity contribution >= 4 is 29.0 Å². The van der Waals surface area contributed by atoms with E-state index >= 15 is 0 Å². The fourth-order valence-corrected chi connectivity index (χ4v) is 6.00. The minimum Gasteiger partial charge on any atom is -0.454 e. The fraction of sp³-hybridized carbons (Fsp3) is 0.364. The number of piperidine rings is 3. The number of quaternary nitrogens is 1. The predicted molar refractivity (Wildman–Crippen MR) is 156 cm³/mol. The molecule has 1 amide bonds. The molecule has 0 saturated carbocycles. The van der Waals surface area contributed by atoms with E-state index in [4.69, 9.17) is 4.74 Å². The summed E-state index contributed by atoms with van der Waals surface area (Å²) < 4.78 is 6.87. The molecule has 2 unspecified atom stereocenters. The molecule has 6 rings (SSSR count). The zero-order valence-electron chi connectivity index (χ0n) is 23.1. The summed E-state index contributed by atoms with van der Waals surface area (Å²) in [6.45, 7) is 4.83. The highest BCUT2D eigenvalue weighted by molar-refractivity contribution is 5.98. The minimum absolute atomic E-state index is 0.0230. The number of amides is 1. The first-order valence-corrected chi connectivity index (χ1v) is 14.3. The van der Waals surface area contributed by atoms with E-state index in [-0.39, 0.29) is 23.8 Å². The van der Waals surface area contributed by atoms with Gasteiger partial charge in [-0.2, -0.15) is 0 Å². The molecule has 0 aliphatic carbocycles. The second-order valence-electron chi connectivity index (χ2n) is 11.1. The average Bonchev–Trinajstić information content (AvgIpc) is 2.97. The third-order valence-corrected chi connectivity index (χ3v) is 8.21. The maximum Gasteiger partial charge on any atom is 0.333 e. The van der Waals surface area contributed by atoms with Crippen LogP contribution < -0.4 is 10.6 Å². The number of ketones is 1. The molecule has 3 heterocycles. The lowest BCUT2D eigenvalue weighted by atomic mass is 9.82. The van der Waals surface area contributed by atoms with Gasteiger partial charge in [-0.25, -0.2) is 4.79 Å². The van der Waals surface area contributed by atoms with Gasteiger partial charge in [0, 0.05) is 42.1 Å². The van der Waals surface area contributed by atoms with E-state index in [1.165, 1.54) is 0 Å². The molecule has 40 heavy (non-hydrogen) atoms. The topological polar surface area (TPSA) is 84.5 Å². The Morgan fingerprint density at radius 1 is 0.875 bits per heavy atom. The number of esters is 1. The summed E-state index contributed by atoms with van der Waals surface area (Å²) in [6, 6.07) is 25.9. The summed E-state index contributed by atoms with van der Waals surface area (Å²) in [5, 5.41) is 6.22. The van der Waals surface area contributed by atoms with Crippen molar-refractivity contribution in [2.75, 3.05) is 36.8 Å². The van der Waals surface area contributed by atoms with Crippen LogP contribution in [0.5, 0.6) is 0 Å². The van der Waals surface area contributed by atoms with Crippen LogP contribution in [0.3, 0.4) is 0 Å². The summed E-state index contributed by atoms with van der Waals surface area (Å²) in [5.74, 6) is 0.0760. The highest BCUT2D eigenvalue weighted by Crippen LogP contribution is 2.37. The lowest BCUT2D eigenvalue weighted by Crippen LogP contribution is -2.65. The molecule has 0 aromatic heterocycles. The first-order valence-electron chi connectivity index (χ1n) is 14.3. The van der Waals surface area contributed by atoms with Crippen LogP contribution in [-0.4, -0.2) is 54.4 Å². The van der Waals surface area contributed by atoms with E-state index in [2.05, 4.69) is 10.6 Å².